The Hall–Kier alpha value is -2.41. The van der Waals surface area contributed by atoms with Crippen molar-refractivity contribution >= 4 is 28.0 Å². The Morgan fingerprint density at radius 3 is 2.78 bits per heavy atom. The van der Waals surface area contributed by atoms with Crippen molar-refractivity contribution in [3.05, 3.63) is 45.3 Å². The molecule has 1 aromatic heterocycles. The summed E-state index contributed by atoms with van der Waals surface area (Å²) >= 11 is 1.10. The number of rotatable bonds is 3. The van der Waals surface area contributed by atoms with Gasteiger partial charge in [0.05, 0.1) is 4.92 Å². The molecule has 3 N–H and O–H groups in total. The predicted octanol–water partition coefficient (Wildman–Crippen LogP) is 2.60. The Balaban J connectivity index is 2.59. The third kappa shape index (κ3) is 2.03. The SMILES string of the molecule is Nc1scc(-c2cccc([N+](=O)[O-])c2)c1C(=O)O. The average molecular weight is 264 g/mol. The Kier molecular flexibility index (Phi) is 2.99. The number of nitro benzene ring substituents is 1. The van der Waals surface area contributed by atoms with Gasteiger partial charge in [0.15, 0.2) is 0 Å². The van der Waals surface area contributed by atoms with Gasteiger partial charge in [-0.25, -0.2) is 4.79 Å². The van der Waals surface area contributed by atoms with E-state index < -0.39 is 10.9 Å². The van der Waals surface area contributed by atoms with Gasteiger partial charge in [-0.15, -0.1) is 11.3 Å². The van der Waals surface area contributed by atoms with Crippen LogP contribution in [-0.4, -0.2) is 16.0 Å². The molecule has 1 aromatic carbocycles. The number of benzene rings is 1. The summed E-state index contributed by atoms with van der Waals surface area (Å²) in [5, 5.41) is 21.5. The summed E-state index contributed by atoms with van der Waals surface area (Å²) in [4.78, 5) is 21.2. The first kappa shape index (κ1) is 12.1. The van der Waals surface area contributed by atoms with Crippen molar-refractivity contribution in [2.75, 3.05) is 5.73 Å². The molecule has 18 heavy (non-hydrogen) atoms. The normalized spacial score (nSPS) is 10.2. The second-order valence-corrected chi connectivity index (χ2v) is 4.41. The Morgan fingerprint density at radius 2 is 2.17 bits per heavy atom. The van der Waals surface area contributed by atoms with Gasteiger partial charge in [0.1, 0.15) is 10.6 Å². The fourth-order valence-corrected chi connectivity index (χ4v) is 2.41. The molecule has 2 aromatic rings. The number of carboxylic acid groups (broad SMARTS) is 1. The van der Waals surface area contributed by atoms with Crippen molar-refractivity contribution in [2.24, 2.45) is 0 Å². The highest BCUT2D eigenvalue weighted by atomic mass is 32.1. The number of nitro groups is 1. The number of thiophene rings is 1. The van der Waals surface area contributed by atoms with Gasteiger partial charge in [0.2, 0.25) is 0 Å². The lowest BCUT2D eigenvalue weighted by molar-refractivity contribution is -0.384. The first-order valence-corrected chi connectivity index (χ1v) is 5.73. The van der Waals surface area contributed by atoms with Crippen molar-refractivity contribution in [1.29, 1.82) is 0 Å². The summed E-state index contributed by atoms with van der Waals surface area (Å²) in [5.41, 5.74) is 6.34. The molecular formula is C11H8N2O4S. The molecular weight excluding hydrogens is 256 g/mol. The van der Waals surface area contributed by atoms with E-state index in [4.69, 9.17) is 10.8 Å². The van der Waals surface area contributed by atoms with E-state index in [1.807, 2.05) is 0 Å². The zero-order valence-corrected chi connectivity index (χ0v) is 9.81. The zero-order chi connectivity index (χ0) is 13.3. The molecule has 92 valence electrons. The smallest absolute Gasteiger partial charge is 0.339 e. The number of carboxylic acids is 1. The van der Waals surface area contributed by atoms with E-state index in [-0.39, 0.29) is 16.3 Å². The number of anilines is 1. The Morgan fingerprint density at radius 1 is 1.44 bits per heavy atom. The summed E-state index contributed by atoms with van der Waals surface area (Å²) in [7, 11) is 0. The van der Waals surface area contributed by atoms with E-state index >= 15 is 0 Å². The number of nitrogens with zero attached hydrogens (tertiary/aromatic N) is 1. The number of hydrogen-bond donors (Lipinski definition) is 2. The van der Waals surface area contributed by atoms with Crippen molar-refractivity contribution in [2.45, 2.75) is 0 Å². The molecule has 0 spiro atoms. The molecule has 6 nitrogen and oxygen atoms in total. The van der Waals surface area contributed by atoms with Crippen LogP contribution in [0.4, 0.5) is 10.7 Å². The van der Waals surface area contributed by atoms with Gasteiger partial charge in [0, 0.05) is 23.1 Å². The van der Waals surface area contributed by atoms with Crippen LogP contribution in [0.3, 0.4) is 0 Å². The van der Waals surface area contributed by atoms with Crippen LogP contribution in [0.2, 0.25) is 0 Å². The largest absolute Gasteiger partial charge is 0.478 e. The minimum absolute atomic E-state index is 0.0134. The lowest BCUT2D eigenvalue weighted by Gasteiger charge is -2.01. The number of carbonyl (C=O) groups is 1. The summed E-state index contributed by atoms with van der Waals surface area (Å²) < 4.78 is 0. The molecule has 0 aliphatic heterocycles. The van der Waals surface area contributed by atoms with Crippen LogP contribution < -0.4 is 5.73 Å². The first-order chi connectivity index (χ1) is 8.50. The highest BCUT2D eigenvalue weighted by molar-refractivity contribution is 7.14. The van der Waals surface area contributed by atoms with E-state index in [9.17, 15) is 14.9 Å². The van der Waals surface area contributed by atoms with Gasteiger partial charge >= 0.3 is 5.97 Å². The van der Waals surface area contributed by atoms with Crippen LogP contribution in [0.15, 0.2) is 29.6 Å². The highest BCUT2D eigenvalue weighted by Crippen LogP contribution is 2.34. The van der Waals surface area contributed by atoms with Gasteiger partial charge < -0.3 is 10.8 Å². The van der Waals surface area contributed by atoms with Crippen LogP contribution in [0.1, 0.15) is 10.4 Å². The van der Waals surface area contributed by atoms with E-state index in [1.165, 1.54) is 18.2 Å². The Labute approximate surface area is 105 Å². The molecule has 0 amide bonds. The monoisotopic (exact) mass is 264 g/mol. The maximum atomic E-state index is 11.1. The van der Waals surface area contributed by atoms with Crippen molar-refractivity contribution in [3.63, 3.8) is 0 Å². The van der Waals surface area contributed by atoms with Gasteiger partial charge in [-0.05, 0) is 5.56 Å². The van der Waals surface area contributed by atoms with Crippen LogP contribution in [-0.2, 0) is 0 Å². The second-order valence-electron chi connectivity index (χ2n) is 3.50. The summed E-state index contributed by atoms with van der Waals surface area (Å²) in [6.45, 7) is 0. The summed E-state index contributed by atoms with van der Waals surface area (Å²) in [5.74, 6) is -1.14. The maximum absolute atomic E-state index is 11.1. The number of non-ortho nitro benzene ring substituents is 1. The predicted molar refractivity (Wildman–Crippen MR) is 67.8 cm³/mol. The van der Waals surface area contributed by atoms with Gasteiger partial charge in [0.25, 0.3) is 5.69 Å². The van der Waals surface area contributed by atoms with Gasteiger partial charge in [-0.1, -0.05) is 12.1 Å². The number of aromatic carboxylic acids is 1. The minimum atomic E-state index is -1.14. The second kappa shape index (κ2) is 4.46. The summed E-state index contributed by atoms with van der Waals surface area (Å²) in [6, 6.07) is 5.79. The quantitative estimate of drug-likeness (QED) is 0.654. The molecule has 0 atom stereocenters. The molecule has 0 bridgehead atoms. The van der Waals surface area contributed by atoms with E-state index in [0.717, 1.165) is 11.3 Å². The van der Waals surface area contributed by atoms with Crippen molar-refractivity contribution in [1.82, 2.24) is 0 Å². The molecule has 0 aliphatic carbocycles. The van der Waals surface area contributed by atoms with Crippen molar-refractivity contribution in [3.8, 4) is 11.1 Å². The molecule has 0 radical (unpaired) electrons. The highest BCUT2D eigenvalue weighted by Gasteiger charge is 2.19. The fourth-order valence-electron chi connectivity index (χ4n) is 1.59. The zero-order valence-electron chi connectivity index (χ0n) is 8.99. The molecule has 0 saturated heterocycles. The molecule has 0 aliphatic rings. The first-order valence-electron chi connectivity index (χ1n) is 4.86. The van der Waals surface area contributed by atoms with Crippen LogP contribution in [0.25, 0.3) is 11.1 Å². The molecule has 0 fully saturated rings. The van der Waals surface area contributed by atoms with E-state index in [2.05, 4.69) is 0 Å². The third-order valence-electron chi connectivity index (χ3n) is 2.40. The molecule has 0 unspecified atom stereocenters. The topological polar surface area (TPSA) is 106 Å². The van der Waals surface area contributed by atoms with Crippen molar-refractivity contribution < 1.29 is 14.8 Å². The number of nitrogens with two attached hydrogens (primary N) is 1. The standard InChI is InChI=1S/C11H8N2O4S/c12-10-9(11(14)15)8(5-18-10)6-2-1-3-7(4-6)13(16)17/h1-5H,12H2,(H,14,15). The fraction of sp³-hybridized carbons (Fsp3) is 0. The lowest BCUT2D eigenvalue weighted by atomic mass is 10.0. The van der Waals surface area contributed by atoms with E-state index in [0.29, 0.717) is 11.1 Å². The van der Waals surface area contributed by atoms with Gasteiger partial charge in [-0.3, -0.25) is 10.1 Å². The maximum Gasteiger partial charge on any atom is 0.339 e. The number of nitrogen functional groups attached to an aromatic ring is 1. The van der Waals surface area contributed by atoms with Gasteiger partial charge in [-0.2, -0.15) is 0 Å². The number of hydrogen-bond acceptors (Lipinski definition) is 5. The Bertz CT molecular complexity index is 636. The molecule has 0 saturated carbocycles. The van der Waals surface area contributed by atoms with Crippen LogP contribution >= 0.6 is 11.3 Å². The van der Waals surface area contributed by atoms with Crippen LogP contribution in [0, 0.1) is 10.1 Å². The minimum Gasteiger partial charge on any atom is -0.478 e. The molecule has 7 heteroatoms. The third-order valence-corrected chi connectivity index (χ3v) is 3.21. The molecule has 1 heterocycles. The van der Waals surface area contributed by atoms with Crippen LogP contribution in [0.5, 0.6) is 0 Å². The average Bonchev–Trinajstić information content (AvgIpc) is 2.71. The molecule has 2 rings (SSSR count). The summed E-state index contributed by atoms with van der Waals surface area (Å²) in [6.07, 6.45) is 0. The lowest BCUT2D eigenvalue weighted by Crippen LogP contribution is -2.00. The van der Waals surface area contributed by atoms with E-state index in [1.54, 1.807) is 11.4 Å².